The lowest BCUT2D eigenvalue weighted by molar-refractivity contribution is 0.0106. The molecule has 0 radical (unpaired) electrons. The fourth-order valence-electron chi connectivity index (χ4n) is 2.79. The van der Waals surface area contributed by atoms with E-state index in [9.17, 15) is 4.39 Å². The molecule has 2 N–H and O–H groups in total. The molecule has 0 bridgehead atoms. The van der Waals surface area contributed by atoms with Gasteiger partial charge in [-0.15, -0.1) is 0 Å². The molecule has 1 unspecified atom stereocenters. The summed E-state index contributed by atoms with van der Waals surface area (Å²) >= 11 is 0. The molecule has 0 aliphatic carbocycles. The smallest absolute Gasteiger partial charge is 0.175 e. The van der Waals surface area contributed by atoms with Crippen molar-refractivity contribution in [3.63, 3.8) is 0 Å². The van der Waals surface area contributed by atoms with Crippen LogP contribution in [0.15, 0.2) is 28.8 Å². The predicted molar refractivity (Wildman–Crippen MR) is 78.2 cm³/mol. The van der Waals surface area contributed by atoms with Crippen LogP contribution in [0.1, 0.15) is 31.4 Å². The zero-order valence-corrected chi connectivity index (χ0v) is 11.8. The molecule has 1 fully saturated rings. The highest BCUT2D eigenvalue weighted by atomic mass is 19.1. The van der Waals surface area contributed by atoms with Crippen LogP contribution in [0.25, 0.3) is 11.1 Å². The van der Waals surface area contributed by atoms with Gasteiger partial charge in [0.2, 0.25) is 0 Å². The quantitative estimate of drug-likeness (QED) is 0.935. The molecule has 5 heteroatoms. The van der Waals surface area contributed by atoms with Crippen LogP contribution in [0.2, 0.25) is 0 Å². The highest BCUT2D eigenvalue weighted by molar-refractivity contribution is 5.75. The fraction of sp³-hybridized carbons (Fsp3) is 0.438. The second-order valence-electron chi connectivity index (χ2n) is 5.37. The van der Waals surface area contributed by atoms with E-state index in [1.54, 1.807) is 18.2 Å². The Morgan fingerprint density at radius 2 is 2.14 bits per heavy atom. The Balaban J connectivity index is 1.79. The normalized spacial score (nSPS) is 18.8. The van der Waals surface area contributed by atoms with Crippen LogP contribution in [0, 0.1) is 5.82 Å². The van der Waals surface area contributed by atoms with Gasteiger partial charge in [0.05, 0.1) is 11.7 Å². The van der Waals surface area contributed by atoms with Gasteiger partial charge in [-0.2, -0.15) is 0 Å². The lowest BCUT2D eigenvalue weighted by atomic mass is 9.99. The Labute approximate surface area is 123 Å². The largest absolute Gasteiger partial charge is 0.380 e. The van der Waals surface area contributed by atoms with Crippen LogP contribution in [-0.4, -0.2) is 17.9 Å². The Kier molecular flexibility index (Phi) is 4.20. The van der Waals surface area contributed by atoms with Crippen molar-refractivity contribution >= 4 is 5.82 Å². The second-order valence-corrected chi connectivity index (χ2v) is 5.37. The van der Waals surface area contributed by atoms with Gasteiger partial charge in [-0.3, -0.25) is 0 Å². The first kappa shape index (κ1) is 14.1. The van der Waals surface area contributed by atoms with Crippen LogP contribution in [0.3, 0.4) is 0 Å². The summed E-state index contributed by atoms with van der Waals surface area (Å²) in [4.78, 5) is 0. The molecule has 2 aromatic rings. The third-order valence-electron chi connectivity index (χ3n) is 3.90. The lowest BCUT2D eigenvalue weighted by Gasteiger charge is -2.22. The highest BCUT2D eigenvalue weighted by Gasteiger charge is 2.21. The second kappa shape index (κ2) is 6.26. The molecule has 1 aliphatic heterocycles. The summed E-state index contributed by atoms with van der Waals surface area (Å²) in [5, 5.41) is 3.79. The molecule has 1 aromatic carbocycles. The topological polar surface area (TPSA) is 61.3 Å². The number of hydrogen-bond acceptors (Lipinski definition) is 4. The lowest BCUT2D eigenvalue weighted by Crippen LogP contribution is -2.19. The van der Waals surface area contributed by atoms with Crippen molar-refractivity contribution in [3.8, 4) is 11.1 Å². The summed E-state index contributed by atoms with van der Waals surface area (Å²) in [6, 6.07) is 6.53. The van der Waals surface area contributed by atoms with Crippen LogP contribution in [-0.2, 0) is 11.2 Å². The molecule has 112 valence electrons. The molecule has 0 spiro atoms. The van der Waals surface area contributed by atoms with E-state index in [0.29, 0.717) is 23.3 Å². The molecule has 21 heavy (non-hydrogen) atoms. The van der Waals surface area contributed by atoms with Crippen molar-refractivity contribution in [3.05, 3.63) is 35.8 Å². The molecule has 2 heterocycles. The average molecular weight is 290 g/mol. The van der Waals surface area contributed by atoms with Crippen LogP contribution < -0.4 is 5.73 Å². The first-order chi connectivity index (χ1) is 10.3. The third kappa shape index (κ3) is 3.08. The van der Waals surface area contributed by atoms with E-state index in [1.165, 1.54) is 12.5 Å². The SMILES string of the molecule is Nc1noc(CCC2CCCCO2)c1-c1ccccc1F. The molecule has 4 nitrogen and oxygen atoms in total. The summed E-state index contributed by atoms with van der Waals surface area (Å²) in [5.41, 5.74) is 6.86. The summed E-state index contributed by atoms with van der Waals surface area (Å²) in [5.74, 6) is 0.550. The van der Waals surface area contributed by atoms with Gasteiger partial charge in [0, 0.05) is 18.6 Å². The van der Waals surface area contributed by atoms with Gasteiger partial charge >= 0.3 is 0 Å². The zero-order valence-electron chi connectivity index (χ0n) is 11.8. The number of nitrogens with zero attached hydrogens (tertiary/aromatic N) is 1. The number of benzene rings is 1. The van der Waals surface area contributed by atoms with Crippen molar-refractivity contribution in [2.24, 2.45) is 0 Å². The number of nitrogen functional groups attached to an aromatic ring is 1. The number of aromatic nitrogens is 1. The summed E-state index contributed by atoms with van der Waals surface area (Å²) in [6.07, 6.45) is 5.14. The van der Waals surface area contributed by atoms with E-state index in [4.69, 9.17) is 15.0 Å². The first-order valence-electron chi connectivity index (χ1n) is 7.36. The van der Waals surface area contributed by atoms with Gasteiger partial charge in [-0.1, -0.05) is 23.4 Å². The van der Waals surface area contributed by atoms with Crippen molar-refractivity contribution in [2.45, 2.75) is 38.2 Å². The van der Waals surface area contributed by atoms with Crippen molar-refractivity contribution in [1.82, 2.24) is 5.16 Å². The Morgan fingerprint density at radius 3 is 2.90 bits per heavy atom. The predicted octanol–water partition coefficient (Wildman–Crippen LogP) is 3.56. The average Bonchev–Trinajstić information content (AvgIpc) is 2.88. The molecule has 3 rings (SSSR count). The zero-order chi connectivity index (χ0) is 14.7. The molecule has 1 aliphatic rings. The van der Waals surface area contributed by atoms with Crippen LogP contribution in [0.4, 0.5) is 10.2 Å². The Morgan fingerprint density at radius 1 is 1.29 bits per heavy atom. The maximum absolute atomic E-state index is 14.0. The third-order valence-corrected chi connectivity index (χ3v) is 3.90. The number of ether oxygens (including phenoxy) is 1. The van der Waals surface area contributed by atoms with Crippen molar-refractivity contribution < 1.29 is 13.7 Å². The van der Waals surface area contributed by atoms with Crippen LogP contribution in [0.5, 0.6) is 0 Å². The number of aryl methyl sites for hydroxylation is 1. The molecular formula is C16H19FN2O2. The number of halogens is 1. The van der Waals surface area contributed by atoms with Gasteiger partial charge < -0.3 is 15.0 Å². The first-order valence-corrected chi connectivity index (χ1v) is 7.36. The summed E-state index contributed by atoms with van der Waals surface area (Å²) in [6.45, 7) is 0.823. The molecule has 0 saturated carbocycles. The van der Waals surface area contributed by atoms with Gasteiger partial charge in [0.25, 0.3) is 0 Å². The van der Waals surface area contributed by atoms with Gasteiger partial charge in [-0.25, -0.2) is 4.39 Å². The summed E-state index contributed by atoms with van der Waals surface area (Å²) < 4.78 is 25.0. The molecule has 1 aromatic heterocycles. The standard InChI is InChI=1S/C16H19FN2O2/c17-13-7-2-1-6-12(13)15-14(21-19-16(15)18)9-8-11-5-3-4-10-20-11/h1-2,6-7,11H,3-5,8-10H2,(H2,18,19). The minimum atomic E-state index is -0.317. The van der Waals surface area contributed by atoms with Gasteiger partial charge in [-0.05, 0) is 31.7 Å². The number of nitrogens with two attached hydrogens (primary N) is 1. The number of anilines is 1. The van der Waals surface area contributed by atoms with E-state index >= 15 is 0 Å². The van der Waals surface area contributed by atoms with E-state index in [1.807, 2.05) is 0 Å². The molecule has 1 saturated heterocycles. The van der Waals surface area contributed by atoms with Gasteiger partial charge in [0.15, 0.2) is 5.82 Å². The number of rotatable bonds is 4. The van der Waals surface area contributed by atoms with Gasteiger partial charge in [0.1, 0.15) is 11.6 Å². The monoisotopic (exact) mass is 290 g/mol. The van der Waals surface area contributed by atoms with Crippen LogP contribution >= 0.6 is 0 Å². The molecule has 1 atom stereocenters. The Hall–Kier alpha value is -1.88. The molecule has 0 amide bonds. The minimum absolute atomic E-state index is 0.236. The minimum Gasteiger partial charge on any atom is -0.380 e. The Bertz CT molecular complexity index is 606. The molecular weight excluding hydrogens is 271 g/mol. The fourth-order valence-corrected chi connectivity index (χ4v) is 2.79. The van der Waals surface area contributed by atoms with E-state index in [-0.39, 0.29) is 17.7 Å². The van der Waals surface area contributed by atoms with Crippen molar-refractivity contribution in [1.29, 1.82) is 0 Å². The van der Waals surface area contributed by atoms with E-state index < -0.39 is 0 Å². The summed E-state index contributed by atoms with van der Waals surface area (Å²) in [7, 11) is 0. The number of hydrogen-bond donors (Lipinski definition) is 1. The highest BCUT2D eigenvalue weighted by Crippen LogP contribution is 2.32. The van der Waals surface area contributed by atoms with E-state index in [2.05, 4.69) is 5.16 Å². The maximum atomic E-state index is 14.0. The van der Waals surface area contributed by atoms with E-state index in [0.717, 1.165) is 25.9 Å². The maximum Gasteiger partial charge on any atom is 0.175 e. The van der Waals surface area contributed by atoms with Crippen molar-refractivity contribution in [2.75, 3.05) is 12.3 Å².